The van der Waals surface area contributed by atoms with Crippen LogP contribution in [-0.2, 0) is 5.41 Å². The number of benzene rings is 5. The van der Waals surface area contributed by atoms with Crippen molar-refractivity contribution in [3.8, 4) is 22.3 Å². The average Bonchev–Trinajstić information content (AvgIpc) is 2.96. The molecular formula is C35H23NO2. The molecule has 8 rings (SSSR count). The van der Waals surface area contributed by atoms with Crippen LogP contribution in [0.3, 0.4) is 0 Å². The van der Waals surface area contributed by atoms with Crippen LogP contribution in [0, 0.1) is 0 Å². The molecule has 0 spiro atoms. The van der Waals surface area contributed by atoms with Gasteiger partial charge in [-0.25, -0.2) is 0 Å². The van der Waals surface area contributed by atoms with E-state index in [1.54, 1.807) is 0 Å². The minimum atomic E-state index is -0.440. The van der Waals surface area contributed by atoms with E-state index in [4.69, 9.17) is 0 Å². The van der Waals surface area contributed by atoms with Gasteiger partial charge in [0.2, 0.25) is 0 Å². The minimum absolute atomic E-state index is 0.0245. The molecule has 5 aromatic carbocycles. The molecule has 3 heterocycles. The lowest BCUT2D eigenvalue weighted by atomic mass is 9.72. The van der Waals surface area contributed by atoms with Crippen molar-refractivity contribution in [2.24, 2.45) is 0 Å². The zero-order chi connectivity index (χ0) is 25.8. The maximum absolute atomic E-state index is 14.0. The molecule has 0 atom stereocenters. The van der Waals surface area contributed by atoms with Gasteiger partial charge in [0.05, 0.1) is 16.6 Å². The maximum Gasteiger partial charge on any atom is 0.197 e. The largest absolute Gasteiger partial charge is 0.307 e. The van der Waals surface area contributed by atoms with Crippen LogP contribution in [0.2, 0.25) is 0 Å². The van der Waals surface area contributed by atoms with Gasteiger partial charge in [-0.05, 0) is 69.8 Å². The fourth-order valence-corrected chi connectivity index (χ4v) is 6.57. The van der Waals surface area contributed by atoms with Crippen molar-refractivity contribution < 1.29 is 0 Å². The molecule has 3 heteroatoms. The quantitative estimate of drug-likeness (QED) is 0.186. The second kappa shape index (κ2) is 7.17. The number of rotatable bonds is 2. The molecule has 0 amide bonds. The van der Waals surface area contributed by atoms with E-state index in [1.165, 1.54) is 0 Å². The number of nitrogens with zero attached hydrogens (tertiary/aromatic N) is 1. The van der Waals surface area contributed by atoms with Crippen molar-refractivity contribution in [1.82, 2.24) is 4.40 Å². The van der Waals surface area contributed by atoms with Crippen LogP contribution >= 0.6 is 0 Å². The van der Waals surface area contributed by atoms with Crippen LogP contribution in [0.25, 0.3) is 60.3 Å². The van der Waals surface area contributed by atoms with Crippen molar-refractivity contribution in [2.45, 2.75) is 19.3 Å². The van der Waals surface area contributed by atoms with Gasteiger partial charge >= 0.3 is 0 Å². The molecule has 1 aliphatic heterocycles. The minimum Gasteiger partial charge on any atom is -0.307 e. The molecule has 0 radical (unpaired) electrons. The average molecular weight is 490 g/mol. The first-order valence-corrected chi connectivity index (χ1v) is 13.0. The lowest BCUT2D eigenvalue weighted by molar-refractivity contribution is 0.643. The van der Waals surface area contributed by atoms with E-state index in [0.717, 1.165) is 49.9 Å². The molecule has 0 fully saturated rings. The molecule has 0 unspecified atom stereocenters. The summed E-state index contributed by atoms with van der Waals surface area (Å²) in [6.45, 7) is 4.42. The molecule has 0 N–H and O–H groups in total. The van der Waals surface area contributed by atoms with Crippen LogP contribution in [0.4, 0.5) is 0 Å². The SMILES string of the molecule is CC1(C)c2cc(-c3ccccc3)cc3c(=O)c4cccc5c(=O)c6cc(-c7ccccc7)cc1c6n(c23)c45. The van der Waals surface area contributed by atoms with Crippen molar-refractivity contribution >= 4 is 38.1 Å². The van der Waals surface area contributed by atoms with E-state index in [9.17, 15) is 9.59 Å². The first kappa shape index (κ1) is 21.3. The molecular weight excluding hydrogens is 466 g/mol. The molecule has 0 aliphatic carbocycles. The van der Waals surface area contributed by atoms with Gasteiger partial charge in [0.25, 0.3) is 0 Å². The molecule has 38 heavy (non-hydrogen) atoms. The Kier molecular flexibility index (Phi) is 4.03. The molecule has 2 aromatic heterocycles. The molecule has 180 valence electrons. The number of para-hydroxylation sites is 1. The van der Waals surface area contributed by atoms with E-state index >= 15 is 0 Å². The summed E-state index contributed by atoms with van der Waals surface area (Å²) in [6, 6.07) is 34.5. The van der Waals surface area contributed by atoms with E-state index in [2.05, 4.69) is 54.6 Å². The van der Waals surface area contributed by atoms with E-state index in [0.29, 0.717) is 21.5 Å². The zero-order valence-electron chi connectivity index (χ0n) is 21.1. The number of pyridine rings is 2. The van der Waals surface area contributed by atoms with Gasteiger partial charge in [0, 0.05) is 27.0 Å². The van der Waals surface area contributed by atoms with Gasteiger partial charge < -0.3 is 4.40 Å². The Morgan fingerprint density at radius 1 is 0.474 bits per heavy atom. The van der Waals surface area contributed by atoms with Crippen LogP contribution < -0.4 is 10.9 Å². The molecule has 0 saturated carbocycles. The Morgan fingerprint density at radius 3 is 1.37 bits per heavy atom. The second-order valence-electron chi connectivity index (χ2n) is 10.9. The Balaban J connectivity index is 1.67. The van der Waals surface area contributed by atoms with Gasteiger partial charge in [-0.2, -0.15) is 0 Å². The second-order valence-corrected chi connectivity index (χ2v) is 10.9. The number of hydrogen-bond acceptors (Lipinski definition) is 2. The smallest absolute Gasteiger partial charge is 0.197 e. The monoisotopic (exact) mass is 489 g/mol. The van der Waals surface area contributed by atoms with Gasteiger partial charge in [-0.1, -0.05) is 80.6 Å². The first-order chi connectivity index (χ1) is 18.4. The summed E-state index contributed by atoms with van der Waals surface area (Å²) in [7, 11) is 0. The van der Waals surface area contributed by atoms with Crippen LogP contribution in [0.1, 0.15) is 25.0 Å². The Labute approximate surface area is 218 Å². The van der Waals surface area contributed by atoms with Crippen LogP contribution in [0.15, 0.2) is 113 Å². The molecule has 0 saturated heterocycles. The predicted molar refractivity (Wildman–Crippen MR) is 157 cm³/mol. The summed E-state index contributed by atoms with van der Waals surface area (Å²) in [4.78, 5) is 28.1. The third kappa shape index (κ3) is 2.58. The summed E-state index contributed by atoms with van der Waals surface area (Å²) in [5, 5.41) is 2.56. The fourth-order valence-electron chi connectivity index (χ4n) is 6.57. The first-order valence-electron chi connectivity index (χ1n) is 13.0. The lowest BCUT2D eigenvalue weighted by Gasteiger charge is -2.35. The summed E-state index contributed by atoms with van der Waals surface area (Å²) in [6.07, 6.45) is 0. The Bertz CT molecular complexity index is 2070. The molecule has 0 bridgehead atoms. The summed E-state index contributed by atoms with van der Waals surface area (Å²) >= 11 is 0. The lowest BCUT2D eigenvalue weighted by Crippen LogP contribution is -2.28. The highest BCUT2D eigenvalue weighted by molar-refractivity contribution is 6.11. The predicted octanol–water partition coefficient (Wildman–Crippen LogP) is 7.53. The normalized spacial score (nSPS) is 13.9. The third-order valence-electron chi connectivity index (χ3n) is 8.47. The van der Waals surface area contributed by atoms with Gasteiger partial charge in [-0.3, -0.25) is 9.59 Å². The van der Waals surface area contributed by atoms with Crippen molar-refractivity contribution in [3.63, 3.8) is 0 Å². The van der Waals surface area contributed by atoms with Crippen molar-refractivity contribution in [1.29, 1.82) is 0 Å². The molecule has 3 nitrogen and oxygen atoms in total. The maximum atomic E-state index is 14.0. The van der Waals surface area contributed by atoms with E-state index < -0.39 is 5.41 Å². The van der Waals surface area contributed by atoms with Crippen molar-refractivity contribution in [3.05, 3.63) is 135 Å². The third-order valence-corrected chi connectivity index (χ3v) is 8.47. The highest BCUT2D eigenvalue weighted by Gasteiger charge is 2.36. The highest BCUT2D eigenvalue weighted by atomic mass is 16.1. The summed E-state index contributed by atoms with van der Waals surface area (Å²) < 4.78 is 2.21. The summed E-state index contributed by atoms with van der Waals surface area (Å²) in [5.41, 5.74) is 8.45. The van der Waals surface area contributed by atoms with Gasteiger partial charge in [0.15, 0.2) is 10.9 Å². The van der Waals surface area contributed by atoms with E-state index in [-0.39, 0.29) is 10.9 Å². The van der Waals surface area contributed by atoms with Gasteiger partial charge in [-0.15, -0.1) is 0 Å². The number of aromatic nitrogens is 1. The zero-order valence-corrected chi connectivity index (χ0v) is 21.1. The van der Waals surface area contributed by atoms with Crippen LogP contribution in [0.5, 0.6) is 0 Å². The molecule has 1 aliphatic rings. The highest BCUT2D eigenvalue weighted by Crippen LogP contribution is 2.47. The standard InChI is InChI=1S/C35H23NO2/c1-35(2)28-18-22(20-10-5-3-6-11-20)16-26-31(28)36-30-24(33(26)37)14-9-15-25(30)34(38)27-17-23(19-29(35)32(27)36)21-12-7-4-8-13-21/h3-19H,1-2H3. The van der Waals surface area contributed by atoms with Crippen molar-refractivity contribution in [2.75, 3.05) is 0 Å². The number of hydrogen-bond donors (Lipinski definition) is 0. The fraction of sp³-hybridized carbons (Fsp3) is 0.0857. The van der Waals surface area contributed by atoms with Crippen LogP contribution in [-0.4, -0.2) is 4.40 Å². The topological polar surface area (TPSA) is 38.5 Å². The molecule has 7 aromatic rings. The Morgan fingerprint density at radius 2 is 0.921 bits per heavy atom. The Hall–Kier alpha value is -4.76. The van der Waals surface area contributed by atoms with Gasteiger partial charge in [0.1, 0.15) is 0 Å². The summed E-state index contributed by atoms with van der Waals surface area (Å²) in [5.74, 6) is 0. The van der Waals surface area contributed by atoms with E-state index in [1.807, 2.05) is 66.7 Å².